The Morgan fingerprint density at radius 2 is 1.72 bits per heavy atom. The summed E-state index contributed by atoms with van der Waals surface area (Å²) in [7, 11) is 1.47. The van der Waals surface area contributed by atoms with Crippen LogP contribution < -0.4 is 19.7 Å². The Balaban J connectivity index is 1.63. The summed E-state index contributed by atoms with van der Waals surface area (Å²) in [5, 5.41) is 3.08. The molecule has 0 saturated carbocycles. The predicted octanol–water partition coefficient (Wildman–Crippen LogP) is 6.32. The number of aryl methyl sites for hydroxylation is 1. The van der Waals surface area contributed by atoms with E-state index in [9.17, 15) is 14.4 Å². The number of nitrogens with zero attached hydrogens (tertiary/aromatic N) is 1. The Labute approximate surface area is 225 Å². The number of rotatable bonds is 6. The van der Waals surface area contributed by atoms with Crippen molar-refractivity contribution in [1.82, 2.24) is 5.32 Å². The van der Waals surface area contributed by atoms with Crippen LogP contribution in [0.25, 0.3) is 6.08 Å². The second-order valence-electron chi connectivity index (χ2n) is 7.86. The van der Waals surface area contributed by atoms with Crippen LogP contribution in [-0.4, -0.2) is 25.0 Å². The fourth-order valence-electron chi connectivity index (χ4n) is 3.50. The number of anilines is 1. The molecule has 7 nitrogen and oxygen atoms in total. The minimum Gasteiger partial charge on any atom is -0.493 e. The summed E-state index contributed by atoms with van der Waals surface area (Å²) < 4.78 is 11.9. The molecular formula is C26H19BrCl2N2O5. The third-order valence-electron chi connectivity index (χ3n) is 5.32. The molecular weight excluding hydrogens is 571 g/mol. The molecule has 10 heteroatoms. The Hall–Kier alpha value is -3.33. The highest BCUT2D eigenvalue weighted by Gasteiger charge is 2.36. The molecule has 0 aromatic heterocycles. The van der Waals surface area contributed by atoms with Crippen LogP contribution in [0.2, 0.25) is 10.0 Å². The fourth-order valence-corrected chi connectivity index (χ4v) is 4.40. The number of carbonyl (C=O) groups excluding carboxylic acids is 3. The molecule has 1 aliphatic rings. The number of barbiturate groups is 1. The van der Waals surface area contributed by atoms with Gasteiger partial charge >= 0.3 is 6.03 Å². The lowest BCUT2D eigenvalue weighted by Gasteiger charge is -2.26. The first-order valence-corrected chi connectivity index (χ1v) is 12.1. The van der Waals surface area contributed by atoms with Crippen LogP contribution in [-0.2, 0) is 16.2 Å². The summed E-state index contributed by atoms with van der Waals surface area (Å²) in [4.78, 5) is 39.0. The standard InChI is InChI=1S/C26H19BrCl2N2O5/c1-14-3-6-17(7-4-14)31-25(33)18(24(32)30-26(31)34)9-16-10-19(27)23(22(12-16)35-2)36-13-15-5-8-20(28)21(29)11-15/h3-12H,13H2,1-2H3,(H,30,32,34)/b18-9+. The number of methoxy groups -OCH3 is 1. The Kier molecular flexibility index (Phi) is 7.68. The van der Waals surface area contributed by atoms with E-state index >= 15 is 0 Å². The van der Waals surface area contributed by atoms with Gasteiger partial charge in [0.05, 0.1) is 27.3 Å². The van der Waals surface area contributed by atoms with Crippen molar-refractivity contribution in [2.24, 2.45) is 0 Å². The number of nitrogens with one attached hydrogen (secondary N) is 1. The summed E-state index contributed by atoms with van der Waals surface area (Å²) in [5.41, 5.74) is 2.40. The van der Waals surface area contributed by atoms with Crippen molar-refractivity contribution in [3.05, 3.63) is 91.4 Å². The van der Waals surface area contributed by atoms with E-state index in [1.807, 2.05) is 6.92 Å². The van der Waals surface area contributed by atoms with E-state index in [1.165, 1.54) is 13.2 Å². The molecule has 0 aliphatic carbocycles. The number of urea groups is 1. The highest BCUT2D eigenvalue weighted by molar-refractivity contribution is 9.10. The minimum atomic E-state index is -0.809. The third-order valence-corrected chi connectivity index (χ3v) is 6.65. The Bertz CT molecular complexity index is 1410. The largest absolute Gasteiger partial charge is 0.493 e. The smallest absolute Gasteiger partial charge is 0.335 e. The van der Waals surface area contributed by atoms with Gasteiger partial charge in [0.25, 0.3) is 11.8 Å². The zero-order valence-electron chi connectivity index (χ0n) is 19.1. The molecule has 0 spiro atoms. The van der Waals surface area contributed by atoms with Gasteiger partial charge in [-0.3, -0.25) is 14.9 Å². The van der Waals surface area contributed by atoms with E-state index in [2.05, 4.69) is 21.2 Å². The second kappa shape index (κ2) is 10.7. The zero-order chi connectivity index (χ0) is 26.0. The molecule has 184 valence electrons. The van der Waals surface area contributed by atoms with Crippen LogP contribution >= 0.6 is 39.1 Å². The van der Waals surface area contributed by atoms with Gasteiger partial charge in [-0.1, -0.05) is 47.0 Å². The number of ether oxygens (including phenoxy) is 2. The molecule has 1 saturated heterocycles. The molecule has 4 amide bonds. The topological polar surface area (TPSA) is 84.9 Å². The molecule has 3 aromatic rings. The molecule has 4 rings (SSSR count). The Morgan fingerprint density at radius 3 is 2.39 bits per heavy atom. The maximum absolute atomic E-state index is 13.1. The monoisotopic (exact) mass is 588 g/mol. The van der Waals surface area contributed by atoms with Crippen molar-refractivity contribution >= 4 is 68.7 Å². The van der Waals surface area contributed by atoms with Crippen molar-refractivity contribution in [2.75, 3.05) is 12.0 Å². The lowest BCUT2D eigenvalue weighted by molar-refractivity contribution is -0.122. The number of amides is 4. The van der Waals surface area contributed by atoms with Crippen LogP contribution in [0.15, 0.2) is 64.6 Å². The molecule has 0 radical (unpaired) electrons. The van der Waals surface area contributed by atoms with E-state index in [1.54, 1.807) is 54.6 Å². The van der Waals surface area contributed by atoms with Crippen molar-refractivity contribution in [2.45, 2.75) is 13.5 Å². The van der Waals surface area contributed by atoms with Crippen LogP contribution in [0.4, 0.5) is 10.5 Å². The summed E-state index contributed by atoms with van der Waals surface area (Å²) in [6.45, 7) is 2.08. The van der Waals surface area contributed by atoms with Gasteiger partial charge in [0, 0.05) is 0 Å². The number of imide groups is 2. The van der Waals surface area contributed by atoms with Crippen molar-refractivity contribution in [3.63, 3.8) is 0 Å². The maximum Gasteiger partial charge on any atom is 0.335 e. The minimum absolute atomic E-state index is 0.195. The van der Waals surface area contributed by atoms with Gasteiger partial charge in [-0.2, -0.15) is 0 Å². The van der Waals surface area contributed by atoms with Crippen LogP contribution in [0.3, 0.4) is 0 Å². The Morgan fingerprint density at radius 1 is 1.00 bits per heavy atom. The fraction of sp³-hybridized carbons (Fsp3) is 0.115. The first-order chi connectivity index (χ1) is 17.2. The van der Waals surface area contributed by atoms with E-state index in [4.69, 9.17) is 32.7 Å². The lowest BCUT2D eigenvalue weighted by atomic mass is 10.1. The SMILES string of the molecule is COc1cc(/C=C2\C(=O)NC(=O)N(c3ccc(C)cc3)C2=O)cc(Br)c1OCc1ccc(Cl)c(Cl)c1. The van der Waals surface area contributed by atoms with Crippen LogP contribution in [0.1, 0.15) is 16.7 Å². The molecule has 36 heavy (non-hydrogen) atoms. The summed E-state index contributed by atoms with van der Waals surface area (Å²) in [6.07, 6.45) is 1.39. The third kappa shape index (κ3) is 5.41. The molecule has 0 atom stereocenters. The first-order valence-electron chi connectivity index (χ1n) is 10.6. The van der Waals surface area contributed by atoms with E-state index in [-0.39, 0.29) is 12.2 Å². The number of hydrogen-bond donors (Lipinski definition) is 1. The maximum atomic E-state index is 13.1. The molecule has 1 fully saturated rings. The van der Waals surface area contributed by atoms with E-state index < -0.39 is 17.8 Å². The normalized spacial score (nSPS) is 14.8. The summed E-state index contributed by atoms with van der Waals surface area (Å²) in [5.74, 6) is -0.737. The quantitative estimate of drug-likeness (QED) is 0.269. The lowest BCUT2D eigenvalue weighted by Crippen LogP contribution is -2.54. The van der Waals surface area contributed by atoms with E-state index in [0.717, 1.165) is 16.0 Å². The zero-order valence-corrected chi connectivity index (χ0v) is 22.2. The van der Waals surface area contributed by atoms with Crippen molar-refractivity contribution < 1.29 is 23.9 Å². The summed E-state index contributed by atoms with van der Waals surface area (Å²) >= 11 is 15.5. The van der Waals surface area contributed by atoms with Gasteiger partial charge in [0.1, 0.15) is 12.2 Å². The molecule has 1 heterocycles. The molecule has 3 aromatic carbocycles. The van der Waals surface area contributed by atoms with Gasteiger partial charge < -0.3 is 9.47 Å². The highest BCUT2D eigenvalue weighted by Crippen LogP contribution is 2.38. The molecule has 1 N–H and O–H groups in total. The molecule has 0 bridgehead atoms. The van der Waals surface area contributed by atoms with Crippen LogP contribution in [0.5, 0.6) is 11.5 Å². The molecule has 1 aliphatic heterocycles. The van der Waals surface area contributed by atoms with Crippen molar-refractivity contribution in [1.29, 1.82) is 0 Å². The van der Waals surface area contributed by atoms with Crippen LogP contribution in [0, 0.1) is 6.92 Å². The first kappa shape index (κ1) is 25.8. The number of carbonyl (C=O) groups is 3. The van der Waals surface area contributed by atoms with Gasteiger partial charge in [0.2, 0.25) is 0 Å². The van der Waals surface area contributed by atoms with Gasteiger partial charge in [-0.05, 0) is 76.5 Å². The average Bonchev–Trinajstić information content (AvgIpc) is 2.84. The second-order valence-corrected chi connectivity index (χ2v) is 9.53. The average molecular weight is 590 g/mol. The predicted molar refractivity (Wildman–Crippen MR) is 142 cm³/mol. The number of halogens is 3. The highest BCUT2D eigenvalue weighted by atomic mass is 79.9. The van der Waals surface area contributed by atoms with Gasteiger partial charge in [-0.25, -0.2) is 9.69 Å². The van der Waals surface area contributed by atoms with Gasteiger partial charge in [0.15, 0.2) is 11.5 Å². The van der Waals surface area contributed by atoms with E-state index in [0.29, 0.717) is 37.3 Å². The number of benzene rings is 3. The van der Waals surface area contributed by atoms with Crippen molar-refractivity contribution in [3.8, 4) is 11.5 Å². The molecule has 0 unspecified atom stereocenters. The summed E-state index contributed by atoms with van der Waals surface area (Å²) in [6, 6.07) is 14.5. The van der Waals surface area contributed by atoms with Gasteiger partial charge in [-0.15, -0.1) is 0 Å². The number of hydrogen-bond acceptors (Lipinski definition) is 5.